The second kappa shape index (κ2) is 5.68. The summed E-state index contributed by atoms with van der Waals surface area (Å²) in [6, 6.07) is 3.44. The van der Waals surface area contributed by atoms with Crippen LogP contribution in [0.2, 0.25) is 0 Å². The zero-order chi connectivity index (χ0) is 14.8. The van der Waals surface area contributed by atoms with E-state index in [-0.39, 0.29) is 17.6 Å². The van der Waals surface area contributed by atoms with Gasteiger partial charge in [-0.2, -0.15) is 5.10 Å². The normalized spacial score (nSPS) is 15.5. The second-order valence-electron chi connectivity index (χ2n) is 5.45. The van der Waals surface area contributed by atoms with Crippen molar-refractivity contribution in [3.8, 4) is 5.88 Å². The van der Waals surface area contributed by atoms with E-state index in [4.69, 9.17) is 0 Å². The predicted molar refractivity (Wildman–Crippen MR) is 78.4 cm³/mol. The molecule has 21 heavy (non-hydrogen) atoms. The summed E-state index contributed by atoms with van der Waals surface area (Å²) in [5.41, 5.74) is 1.60. The summed E-state index contributed by atoms with van der Waals surface area (Å²) in [4.78, 5) is 16.7. The van der Waals surface area contributed by atoms with E-state index in [2.05, 4.69) is 10.1 Å². The van der Waals surface area contributed by atoms with Crippen molar-refractivity contribution in [2.45, 2.75) is 45.1 Å². The maximum Gasteiger partial charge on any atom is 0.221 e. The van der Waals surface area contributed by atoms with Gasteiger partial charge < -0.3 is 5.11 Å². The molecule has 0 saturated heterocycles. The molecule has 0 amide bonds. The molecule has 3 rings (SSSR count). The summed E-state index contributed by atoms with van der Waals surface area (Å²) in [6.45, 7) is 2.45. The average Bonchev–Trinajstić information content (AvgIpc) is 3.15. The van der Waals surface area contributed by atoms with Crippen molar-refractivity contribution in [3.05, 3.63) is 41.3 Å². The number of nitrogens with zero attached hydrogens (tertiary/aromatic N) is 3. The van der Waals surface area contributed by atoms with Gasteiger partial charge in [-0.1, -0.05) is 12.8 Å². The lowest BCUT2D eigenvalue weighted by molar-refractivity contribution is 0.103. The molecule has 0 atom stereocenters. The number of aromatic nitrogens is 3. The van der Waals surface area contributed by atoms with Gasteiger partial charge in [0.1, 0.15) is 5.56 Å². The van der Waals surface area contributed by atoms with Crippen LogP contribution >= 0.6 is 0 Å². The minimum Gasteiger partial charge on any atom is -0.493 e. The van der Waals surface area contributed by atoms with Crippen LogP contribution in [0, 0.1) is 0 Å². The third-order valence-corrected chi connectivity index (χ3v) is 4.14. The Labute approximate surface area is 123 Å². The van der Waals surface area contributed by atoms with Crippen LogP contribution in [0.5, 0.6) is 5.88 Å². The highest BCUT2D eigenvalue weighted by atomic mass is 16.3. The highest BCUT2D eigenvalue weighted by Crippen LogP contribution is 2.38. The number of aryl methyl sites for hydroxylation is 1. The van der Waals surface area contributed by atoms with Gasteiger partial charge in [0.05, 0.1) is 5.69 Å². The molecule has 0 aromatic carbocycles. The Morgan fingerprint density at radius 2 is 2.19 bits per heavy atom. The smallest absolute Gasteiger partial charge is 0.221 e. The van der Waals surface area contributed by atoms with E-state index >= 15 is 0 Å². The Hall–Kier alpha value is -2.17. The van der Waals surface area contributed by atoms with Gasteiger partial charge in [0.15, 0.2) is 0 Å². The molecular formula is C16H19N3O2. The minimum absolute atomic E-state index is 0.0201. The molecule has 1 fully saturated rings. The average molecular weight is 285 g/mol. The summed E-state index contributed by atoms with van der Waals surface area (Å²) in [5.74, 6) is 0.0646. The van der Waals surface area contributed by atoms with E-state index < -0.39 is 0 Å². The lowest BCUT2D eigenvalue weighted by Crippen LogP contribution is -2.06. The first-order chi connectivity index (χ1) is 10.2. The topological polar surface area (TPSA) is 68.0 Å². The third kappa shape index (κ3) is 2.44. The van der Waals surface area contributed by atoms with E-state index in [1.165, 1.54) is 10.9 Å². The summed E-state index contributed by atoms with van der Waals surface area (Å²) in [5, 5.41) is 14.8. The van der Waals surface area contributed by atoms with E-state index in [9.17, 15) is 9.90 Å². The summed E-state index contributed by atoms with van der Waals surface area (Å²) < 4.78 is 1.51. The summed E-state index contributed by atoms with van der Waals surface area (Å²) in [7, 11) is 0. The number of hydrogen-bond acceptors (Lipinski definition) is 4. The van der Waals surface area contributed by atoms with Gasteiger partial charge in [0.25, 0.3) is 0 Å². The van der Waals surface area contributed by atoms with Gasteiger partial charge in [0, 0.05) is 30.4 Å². The van der Waals surface area contributed by atoms with Crippen LogP contribution < -0.4 is 0 Å². The van der Waals surface area contributed by atoms with Crippen LogP contribution in [-0.2, 0) is 6.54 Å². The van der Waals surface area contributed by atoms with E-state index in [1.54, 1.807) is 18.3 Å². The fourth-order valence-corrected chi connectivity index (χ4v) is 3.04. The van der Waals surface area contributed by atoms with E-state index in [1.807, 2.05) is 6.92 Å². The summed E-state index contributed by atoms with van der Waals surface area (Å²) in [6.07, 6.45) is 7.55. The van der Waals surface area contributed by atoms with Gasteiger partial charge in [-0.25, -0.2) is 4.68 Å². The van der Waals surface area contributed by atoms with Crippen molar-refractivity contribution in [1.29, 1.82) is 0 Å². The molecule has 2 aromatic heterocycles. The number of rotatable bonds is 4. The molecule has 0 unspecified atom stereocenters. The third-order valence-electron chi connectivity index (χ3n) is 4.14. The van der Waals surface area contributed by atoms with Crippen LogP contribution in [0.4, 0.5) is 0 Å². The number of hydrogen-bond donors (Lipinski definition) is 1. The van der Waals surface area contributed by atoms with Gasteiger partial charge >= 0.3 is 0 Å². The Kier molecular flexibility index (Phi) is 3.73. The SMILES string of the molecule is CCn1nc(C2CCCC2)c(C(=O)c2cccnc2)c1O. The van der Waals surface area contributed by atoms with Crippen LogP contribution in [0.25, 0.3) is 0 Å². The lowest BCUT2D eigenvalue weighted by atomic mass is 9.96. The van der Waals surface area contributed by atoms with Gasteiger partial charge in [-0.05, 0) is 31.9 Å². The van der Waals surface area contributed by atoms with Crippen molar-refractivity contribution in [3.63, 3.8) is 0 Å². The predicted octanol–water partition coefficient (Wildman–Crippen LogP) is 2.89. The van der Waals surface area contributed by atoms with Crippen LogP contribution in [0.3, 0.4) is 0 Å². The quantitative estimate of drug-likeness (QED) is 0.877. The van der Waals surface area contributed by atoms with Crippen LogP contribution in [-0.4, -0.2) is 25.7 Å². The standard InChI is InChI=1S/C16H19N3O2/c1-2-19-16(21)13(14(18-19)11-6-3-4-7-11)15(20)12-8-5-9-17-10-12/h5,8-11,21H,2-4,6-7H2,1H3. The monoisotopic (exact) mass is 285 g/mol. The molecule has 2 aromatic rings. The Morgan fingerprint density at radius 1 is 1.43 bits per heavy atom. The van der Waals surface area contributed by atoms with Crippen LogP contribution in [0.15, 0.2) is 24.5 Å². The molecule has 5 heteroatoms. The van der Waals surface area contributed by atoms with Crippen molar-refractivity contribution in [2.75, 3.05) is 0 Å². The number of pyridine rings is 1. The molecule has 5 nitrogen and oxygen atoms in total. The second-order valence-corrected chi connectivity index (χ2v) is 5.45. The maximum absolute atomic E-state index is 12.7. The molecule has 110 valence electrons. The molecule has 0 radical (unpaired) electrons. The first-order valence-electron chi connectivity index (χ1n) is 7.46. The molecule has 1 saturated carbocycles. The van der Waals surface area contributed by atoms with Crippen molar-refractivity contribution in [1.82, 2.24) is 14.8 Å². The number of aromatic hydroxyl groups is 1. The number of carbonyl (C=O) groups is 1. The number of carbonyl (C=O) groups excluding carboxylic acids is 1. The zero-order valence-corrected chi connectivity index (χ0v) is 12.1. The Morgan fingerprint density at radius 3 is 2.81 bits per heavy atom. The molecule has 1 N–H and O–H groups in total. The van der Waals surface area contributed by atoms with Gasteiger partial charge in [0.2, 0.25) is 11.7 Å². The molecule has 2 heterocycles. The molecule has 1 aliphatic carbocycles. The first-order valence-corrected chi connectivity index (χ1v) is 7.46. The Balaban J connectivity index is 2.07. The molecule has 0 bridgehead atoms. The van der Waals surface area contributed by atoms with E-state index in [0.717, 1.165) is 31.4 Å². The van der Waals surface area contributed by atoms with Crippen molar-refractivity contribution in [2.24, 2.45) is 0 Å². The van der Waals surface area contributed by atoms with Crippen LogP contribution in [0.1, 0.15) is 60.1 Å². The molecule has 1 aliphatic rings. The zero-order valence-electron chi connectivity index (χ0n) is 12.1. The summed E-state index contributed by atoms with van der Waals surface area (Å²) >= 11 is 0. The number of ketones is 1. The molecular weight excluding hydrogens is 266 g/mol. The lowest BCUT2D eigenvalue weighted by Gasteiger charge is -2.07. The van der Waals surface area contributed by atoms with Crippen molar-refractivity contribution >= 4 is 5.78 Å². The molecule has 0 aliphatic heterocycles. The highest BCUT2D eigenvalue weighted by Gasteiger charge is 2.30. The maximum atomic E-state index is 12.7. The van der Waals surface area contributed by atoms with Crippen molar-refractivity contribution < 1.29 is 9.90 Å². The minimum atomic E-state index is -0.192. The van der Waals surface area contributed by atoms with Gasteiger partial charge in [-0.3, -0.25) is 9.78 Å². The fraction of sp³-hybridized carbons (Fsp3) is 0.438. The Bertz CT molecular complexity index is 643. The highest BCUT2D eigenvalue weighted by molar-refractivity contribution is 6.11. The van der Waals surface area contributed by atoms with E-state index in [0.29, 0.717) is 17.7 Å². The first kappa shape index (κ1) is 13.8. The molecule has 0 spiro atoms. The van der Waals surface area contributed by atoms with Gasteiger partial charge in [-0.15, -0.1) is 0 Å². The fourth-order valence-electron chi connectivity index (χ4n) is 3.04. The largest absolute Gasteiger partial charge is 0.493 e.